The molecular formula is C15H16ClNO4. The third-order valence-electron chi connectivity index (χ3n) is 3.38. The summed E-state index contributed by atoms with van der Waals surface area (Å²) in [5, 5.41) is 10.2. The lowest BCUT2D eigenvalue weighted by molar-refractivity contribution is -0.138. The van der Waals surface area contributed by atoms with Gasteiger partial charge in [-0.25, -0.2) is 0 Å². The Labute approximate surface area is 127 Å². The molecule has 1 atom stereocenters. The Morgan fingerprint density at radius 3 is 2.71 bits per heavy atom. The highest BCUT2D eigenvalue weighted by Crippen LogP contribution is 2.24. The maximum Gasteiger partial charge on any atom is 0.323 e. The molecule has 6 heteroatoms. The average molecular weight is 310 g/mol. The number of aliphatic carboxylic acids is 1. The first kappa shape index (κ1) is 15.4. The zero-order valence-electron chi connectivity index (χ0n) is 11.8. The van der Waals surface area contributed by atoms with E-state index in [1.165, 1.54) is 4.90 Å². The van der Waals surface area contributed by atoms with Gasteiger partial charge in [-0.15, -0.1) is 0 Å². The fourth-order valence-electron chi connectivity index (χ4n) is 2.06. The fourth-order valence-corrected chi connectivity index (χ4v) is 2.24. The van der Waals surface area contributed by atoms with Crippen LogP contribution < -0.4 is 0 Å². The van der Waals surface area contributed by atoms with Gasteiger partial charge >= 0.3 is 5.97 Å². The smallest absolute Gasteiger partial charge is 0.323 e. The van der Waals surface area contributed by atoms with E-state index in [0.717, 1.165) is 0 Å². The van der Waals surface area contributed by atoms with E-state index in [4.69, 9.17) is 21.1 Å². The molecule has 1 aromatic carbocycles. The van der Waals surface area contributed by atoms with Crippen LogP contribution >= 0.6 is 11.6 Å². The van der Waals surface area contributed by atoms with Crippen LogP contribution in [-0.2, 0) is 4.79 Å². The van der Waals surface area contributed by atoms with Crippen LogP contribution in [0.25, 0.3) is 11.0 Å². The molecule has 1 unspecified atom stereocenters. The van der Waals surface area contributed by atoms with Crippen molar-refractivity contribution in [1.82, 2.24) is 4.90 Å². The summed E-state index contributed by atoms with van der Waals surface area (Å²) in [7, 11) is 0. The SMILES string of the molecule is CCC(C)N(CC(=O)O)C(=O)c1cc2cc(Cl)ccc2o1. The number of benzene rings is 1. The largest absolute Gasteiger partial charge is 0.480 e. The number of hydrogen-bond acceptors (Lipinski definition) is 3. The summed E-state index contributed by atoms with van der Waals surface area (Å²) in [5.41, 5.74) is 0.544. The molecule has 0 fully saturated rings. The Morgan fingerprint density at radius 1 is 1.38 bits per heavy atom. The third kappa shape index (κ3) is 3.36. The van der Waals surface area contributed by atoms with Crippen LogP contribution in [-0.4, -0.2) is 34.5 Å². The normalized spacial score (nSPS) is 12.3. The minimum Gasteiger partial charge on any atom is -0.480 e. The Bertz CT molecular complexity index is 679. The van der Waals surface area contributed by atoms with Crippen molar-refractivity contribution in [3.05, 3.63) is 35.0 Å². The number of nitrogens with zero attached hydrogens (tertiary/aromatic N) is 1. The van der Waals surface area contributed by atoms with Gasteiger partial charge in [0.15, 0.2) is 5.76 Å². The molecule has 1 amide bonds. The number of carbonyl (C=O) groups is 2. The first-order valence-electron chi connectivity index (χ1n) is 6.64. The Balaban J connectivity index is 2.35. The first-order valence-corrected chi connectivity index (χ1v) is 7.02. The molecule has 2 rings (SSSR count). The molecule has 0 saturated carbocycles. The molecule has 0 aliphatic carbocycles. The summed E-state index contributed by atoms with van der Waals surface area (Å²) in [5.74, 6) is -1.37. The number of carbonyl (C=O) groups excluding carboxylic acids is 1. The topological polar surface area (TPSA) is 70.8 Å². The zero-order valence-corrected chi connectivity index (χ0v) is 12.6. The molecule has 0 saturated heterocycles. The van der Waals surface area contributed by atoms with E-state index in [2.05, 4.69) is 0 Å². The van der Waals surface area contributed by atoms with Gasteiger partial charge in [0.05, 0.1) is 0 Å². The van der Waals surface area contributed by atoms with Crippen molar-refractivity contribution in [2.45, 2.75) is 26.3 Å². The first-order chi connectivity index (χ1) is 9.92. The average Bonchev–Trinajstić information content (AvgIpc) is 2.85. The van der Waals surface area contributed by atoms with Gasteiger partial charge in [0.1, 0.15) is 12.1 Å². The van der Waals surface area contributed by atoms with Crippen molar-refractivity contribution >= 4 is 34.4 Å². The van der Waals surface area contributed by atoms with E-state index in [-0.39, 0.29) is 18.3 Å². The van der Waals surface area contributed by atoms with E-state index >= 15 is 0 Å². The van der Waals surface area contributed by atoms with Crippen molar-refractivity contribution in [2.24, 2.45) is 0 Å². The number of carboxylic acid groups (broad SMARTS) is 1. The zero-order chi connectivity index (χ0) is 15.6. The molecule has 0 spiro atoms. The van der Waals surface area contributed by atoms with Crippen LogP contribution in [0.2, 0.25) is 5.02 Å². The second kappa shape index (κ2) is 6.18. The summed E-state index contributed by atoms with van der Waals surface area (Å²) in [6.07, 6.45) is 0.658. The molecule has 21 heavy (non-hydrogen) atoms. The third-order valence-corrected chi connectivity index (χ3v) is 3.61. The standard InChI is InChI=1S/C15H16ClNO4/c1-3-9(2)17(8-14(18)19)15(20)13-7-10-6-11(16)4-5-12(10)21-13/h4-7,9H,3,8H2,1-2H3,(H,18,19). The van der Waals surface area contributed by atoms with E-state index in [1.54, 1.807) is 31.2 Å². The van der Waals surface area contributed by atoms with Crippen LogP contribution in [0.3, 0.4) is 0 Å². The molecule has 0 aliphatic heterocycles. The Hall–Kier alpha value is -2.01. The number of halogens is 1. The number of fused-ring (bicyclic) bond motifs is 1. The Kier molecular flexibility index (Phi) is 4.53. The van der Waals surface area contributed by atoms with Gasteiger partial charge in [-0.1, -0.05) is 18.5 Å². The molecule has 0 radical (unpaired) electrons. The summed E-state index contributed by atoms with van der Waals surface area (Å²) in [6.45, 7) is 3.34. The minimum absolute atomic E-state index is 0.119. The summed E-state index contributed by atoms with van der Waals surface area (Å²) < 4.78 is 5.50. The maximum atomic E-state index is 12.5. The molecular weight excluding hydrogens is 294 g/mol. The monoisotopic (exact) mass is 309 g/mol. The highest BCUT2D eigenvalue weighted by atomic mass is 35.5. The Morgan fingerprint density at radius 2 is 2.10 bits per heavy atom. The number of amides is 1. The van der Waals surface area contributed by atoms with Gasteiger partial charge in [-0.3, -0.25) is 9.59 Å². The highest BCUT2D eigenvalue weighted by Gasteiger charge is 2.25. The van der Waals surface area contributed by atoms with Gasteiger partial charge in [-0.05, 0) is 37.6 Å². The van der Waals surface area contributed by atoms with Gasteiger partial charge in [-0.2, -0.15) is 0 Å². The maximum absolute atomic E-state index is 12.5. The van der Waals surface area contributed by atoms with Crippen molar-refractivity contribution < 1.29 is 19.1 Å². The molecule has 112 valence electrons. The summed E-state index contributed by atoms with van der Waals surface area (Å²) in [6, 6.07) is 6.44. The van der Waals surface area contributed by atoms with Gasteiger partial charge in [0.25, 0.3) is 5.91 Å². The van der Waals surface area contributed by atoms with Gasteiger partial charge in [0, 0.05) is 16.5 Å². The van der Waals surface area contributed by atoms with Crippen LogP contribution in [0.4, 0.5) is 0 Å². The van der Waals surface area contributed by atoms with E-state index in [9.17, 15) is 9.59 Å². The quantitative estimate of drug-likeness (QED) is 0.918. The van der Waals surface area contributed by atoms with Crippen molar-refractivity contribution in [3.8, 4) is 0 Å². The van der Waals surface area contributed by atoms with E-state index in [1.807, 2.05) is 6.92 Å². The molecule has 5 nitrogen and oxygen atoms in total. The summed E-state index contributed by atoms with van der Waals surface area (Å²) >= 11 is 5.90. The van der Waals surface area contributed by atoms with E-state index < -0.39 is 11.9 Å². The lowest BCUT2D eigenvalue weighted by Gasteiger charge is -2.25. The predicted octanol–water partition coefficient (Wildman–Crippen LogP) is 3.41. The van der Waals surface area contributed by atoms with Crippen LogP contribution in [0.1, 0.15) is 30.8 Å². The van der Waals surface area contributed by atoms with Gasteiger partial charge < -0.3 is 14.4 Å². The second-order valence-corrected chi connectivity index (χ2v) is 5.31. The van der Waals surface area contributed by atoms with Crippen molar-refractivity contribution in [3.63, 3.8) is 0 Å². The molecule has 2 aromatic rings. The predicted molar refractivity (Wildman–Crippen MR) is 79.6 cm³/mol. The fraction of sp³-hybridized carbons (Fsp3) is 0.333. The molecule has 1 N–H and O–H groups in total. The number of carboxylic acids is 1. The highest BCUT2D eigenvalue weighted by molar-refractivity contribution is 6.31. The van der Waals surface area contributed by atoms with Crippen LogP contribution in [0.5, 0.6) is 0 Å². The molecule has 0 aliphatic rings. The lowest BCUT2D eigenvalue weighted by atomic mass is 10.2. The number of rotatable bonds is 5. The van der Waals surface area contributed by atoms with Crippen molar-refractivity contribution in [1.29, 1.82) is 0 Å². The number of furan rings is 1. The van der Waals surface area contributed by atoms with Gasteiger partial charge in [0.2, 0.25) is 0 Å². The van der Waals surface area contributed by atoms with Crippen LogP contribution in [0.15, 0.2) is 28.7 Å². The molecule has 1 heterocycles. The lowest BCUT2D eigenvalue weighted by Crippen LogP contribution is -2.41. The second-order valence-electron chi connectivity index (χ2n) is 4.88. The molecule has 1 aromatic heterocycles. The number of hydrogen-bond donors (Lipinski definition) is 1. The summed E-state index contributed by atoms with van der Waals surface area (Å²) in [4.78, 5) is 24.7. The van der Waals surface area contributed by atoms with E-state index in [0.29, 0.717) is 22.4 Å². The minimum atomic E-state index is -1.05. The van der Waals surface area contributed by atoms with Crippen LogP contribution in [0, 0.1) is 0 Å². The molecule has 0 bridgehead atoms. The van der Waals surface area contributed by atoms with Crippen molar-refractivity contribution in [2.75, 3.05) is 6.54 Å².